The summed E-state index contributed by atoms with van der Waals surface area (Å²) in [7, 11) is -3.18. The Balaban J connectivity index is 2.43. The van der Waals surface area contributed by atoms with Crippen molar-refractivity contribution < 1.29 is 13.5 Å². The van der Waals surface area contributed by atoms with E-state index in [0.29, 0.717) is 23.7 Å². The lowest BCUT2D eigenvalue weighted by atomic mass is 10.1. The Morgan fingerprint density at radius 3 is 3.00 bits per heavy atom. The molecule has 1 saturated heterocycles. The van der Waals surface area contributed by atoms with Gasteiger partial charge in [0.05, 0.1) is 6.10 Å². The Hall–Kier alpha value is -0.790. The Labute approximate surface area is 124 Å². The second-order valence-electron chi connectivity index (χ2n) is 4.77. The highest BCUT2D eigenvalue weighted by Gasteiger charge is 2.34. The molecular weight excluding hydrogens is 296 g/mol. The summed E-state index contributed by atoms with van der Waals surface area (Å²) in [4.78, 5) is 6.14. The van der Waals surface area contributed by atoms with Crippen LogP contribution in [0.3, 0.4) is 0 Å². The molecule has 2 heterocycles. The zero-order valence-electron chi connectivity index (χ0n) is 11.7. The van der Waals surface area contributed by atoms with Crippen LogP contribution < -0.4 is 4.90 Å². The van der Waals surface area contributed by atoms with Crippen LogP contribution in [0.2, 0.25) is 0 Å². The Kier molecular flexibility index (Phi) is 4.93. The van der Waals surface area contributed by atoms with E-state index >= 15 is 0 Å². The molecule has 1 aromatic heterocycles. The van der Waals surface area contributed by atoms with Crippen LogP contribution in [0.25, 0.3) is 0 Å². The monoisotopic (exact) mass is 316 g/mol. The molecule has 1 aromatic rings. The minimum absolute atomic E-state index is 0.117. The maximum atomic E-state index is 12.3. The number of nitrogens with zero attached hydrogens (tertiary/aromatic N) is 2. The van der Waals surface area contributed by atoms with Crippen LogP contribution in [0.1, 0.15) is 25.5 Å². The van der Waals surface area contributed by atoms with Gasteiger partial charge in [0.2, 0.25) is 0 Å². The van der Waals surface area contributed by atoms with Gasteiger partial charge in [-0.05, 0) is 13.0 Å². The van der Waals surface area contributed by atoms with Crippen molar-refractivity contribution in [1.29, 1.82) is 0 Å². The van der Waals surface area contributed by atoms with E-state index in [1.165, 1.54) is 0 Å². The number of sulfone groups is 1. The van der Waals surface area contributed by atoms with Gasteiger partial charge < -0.3 is 10.0 Å². The number of hydrogen-bond donors (Lipinski definition) is 1. The van der Waals surface area contributed by atoms with Crippen molar-refractivity contribution in [3.8, 4) is 0 Å². The predicted molar refractivity (Wildman–Crippen MR) is 82.8 cm³/mol. The molecule has 20 heavy (non-hydrogen) atoms. The van der Waals surface area contributed by atoms with Gasteiger partial charge in [-0.2, -0.15) is 11.8 Å². The molecule has 2 rings (SSSR count). The lowest BCUT2D eigenvalue weighted by Gasteiger charge is -2.36. The second-order valence-corrected chi connectivity index (χ2v) is 8.36. The van der Waals surface area contributed by atoms with Crippen LogP contribution in [0.15, 0.2) is 18.3 Å². The van der Waals surface area contributed by atoms with E-state index in [-0.39, 0.29) is 5.75 Å². The molecule has 2 atom stereocenters. The molecule has 1 fully saturated rings. The molecule has 0 amide bonds. The average molecular weight is 316 g/mol. The Morgan fingerprint density at radius 2 is 2.35 bits per heavy atom. The summed E-state index contributed by atoms with van der Waals surface area (Å²) in [5.74, 6) is 2.12. The summed E-state index contributed by atoms with van der Waals surface area (Å²) in [6.45, 7) is 3.97. The lowest BCUT2D eigenvalue weighted by molar-refractivity contribution is 0.199. The summed E-state index contributed by atoms with van der Waals surface area (Å²) < 4.78 is 24.5. The van der Waals surface area contributed by atoms with E-state index in [4.69, 9.17) is 0 Å². The summed E-state index contributed by atoms with van der Waals surface area (Å²) in [6.07, 6.45) is 0.969. The van der Waals surface area contributed by atoms with Gasteiger partial charge in [-0.25, -0.2) is 13.4 Å². The molecule has 7 heteroatoms. The van der Waals surface area contributed by atoms with E-state index in [1.54, 1.807) is 43.9 Å². The molecule has 112 valence electrons. The van der Waals surface area contributed by atoms with E-state index in [0.717, 1.165) is 5.75 Å². The first-order valence-electron chi connectivity index (χ1n) is 6.66. The fraction of sp³-hybridized carbons (Fsp3) is 0.615. The molecule has 0 aromatic carbocycles. The van der Waals surface area contributed by atoms with Gasteiger partial charge in [0.1, 0.15) is 11.2 Å². The number of aromatic nitrogens is 1. The summed E-state index contributed by atoms with van der Waals surface area (Å²) in [6, 6.07) is 3.55. The van der Waals surface area contributed by atoms with Crippen molar-refractivity contribution in [3.63, 3.8) is 0 Å². The normalized spacial score (nSPS) is 21.8. The summed E-state index contributed by atoms with van der Waals surface area (Å²) in [5.41, 5.74) is 0.677. The first kappa shape index (κ1) is 15.6. The molecule has 0 radical (unpaired) electrons. The number of rotatable bonds is 4. The Morgan fingerprint density at radius 1 is 1.60 bits per heavy atom. The van der Waals surface area contributed by atoms with Gasteiger partial charge >= 0.3 is 0 Å². The fourth-order valence-corrected chi connectivity index (χ4v) is 5.26. The summed E-state index contributed by atoms with van der Waals surface area (Å²) >= 11 is 1.65. The zero-order valence-corrected chi connectivity index (χ0v) is 13.3. The third-order valence-corrected chi connectivity index (χ3v) is 6.73. The molecule has 2 unspecified atom stereocenters. The molecule has 0 bridgehead atoms. The Bertz CT molecular complexity index is 560. The van der Waals surface area contributed by atoms with Crippen molar-refractivity contribution in [2.45, 2.75) is 25.3 Å². The van der Waals surface area contributed by atoms with Crippen molar-refractivity contribution in [1.82, 2.24) is 4.98 Å². The van der Waals surface area contributed by atoms with E-state index in [2.05, 4.69) is 4.98 Å². The number of pyridine rings is 1. The largest absolute Gasteiger partial charge is 0.389 e. The standard InChI is InChI=1S/C13H20N2O3S2/c1-3-20(17,18)12-9-19-8-7-15(12)13-11(10(2)16)5-4-6-14-13/h4-6,10,12,16H,3,7-9H2,1-2H3. The number of thioether (sulfide) groups is 1. The van der Waals surface area contributed by atoms with Gasteiger partial charge in [0.25, 0.3) is 0 Å². The lowest BCUT2D eigenvalue weighted by Crippen LogP contribution is -2.48. The van der Waals surface area contributed by atoms with Crippen molar-refractivity contribution in [2.24, 2.45) is 0 Å². The number of aliphatic hydroxyl groups excluding tert-OH is 1. The van der Waals surface area contributed by atoms with E-state index < -0.39 is 21.3 Å². The van der Waals surface area contributed by atoms with Crippen molar-refractivity contribution >= 4 is 27.4 Å². The number of hydrogen-bond acceptors (Lipinski definition) is 6. The van der Waals surface area contributed by atoms with Crippen LogP contribution in [0.4, 0.5) is 5.82 Å². The van der Waals surface area contributed by atoms with Gasteiger partial charge in [-0.3, -0.25) is 0 Å². The second kappa shape index (κ2) is 6.32. The van der Waals surface area contributed by atoms with Gasteiger partial charge in [0, 0.05) is 35.6 Å². The topological polar surface area (TPSA) is 70.5 Å². The molecule has 0 spiro atoms. The molecular formula is C13H20N2O3S2. The van der Waals surface area contributed by atoms with Gasteiger partial charge in [-0.15, -0.1) is 0 Å². The highest BCUT2D eigenvalue weighted by Crippen LogP contribution is 2.30. The number of anilines is 1. The van der Waals surface area contributed by atoms with Crippen LogP contribution in [-0.2, 0) is 9.84 Å². The maximum absolute atomic E-state index is 12.3. The molecule has 5 nitrogen and oxygen atoms in total. The van der Waals surface area contributed by atoms with Gasteiger partial charge in [0.15, 0.2) is 9.84 Å². The zero-order chi connectivity index (χ0) is 14.8. The fourth-order valence-electron chi connectivity index (χ4n) is 2.29. The van der Waals surface area contributed by atoms with Crippen LogP contribution in [0, 0.1) is 0 Å². The first-order valence-corrected chi connectivity index (χ1v) is 9.53. The SMILES string of the molecule is CCS(=O)(=O)C1CSCCN1c1ncccc1C(C)O. The summed E-state index contributed by atoms with van der Waals surface area (Å²) in [5, 5.41) is 9.30. The molecule has 0 aliphatic carbocycles. The van der Waals surface area contributed by atoms with Crippen LogP contribution in [-0.4, -0.2) is 47.7 Å². The minimum Gasteiger partial charge on any atom is -0.389 e. The van der Waals surface area contributed by atoms with Gasteiger partial charge in [-0.1, -0.05) is 13.0 Å². The molecule has 1 N–H and O–H groups in total. The van der Waals surface area contributed by atoms with E-state index in [9.17, 15) is 13.5 Å². The quantitative estimate of drug-likeness (QED) is 0.906. The molecule has 1 aliphatic heterocycles. The van der Waals surface area contributed by atoms with Crippen LogP contribution in [0.5, 0.6) is 0 Å². The maximum Gasteiger partial charge on any atom is 0.171 e. The van der Waals surface area contributed by atoms with Crippen LogP contribution >= 0.6 is 11.8 Å². The third-order valence-electron chi connectivity index (χ3n) is 3.44. The highest BCUT2D eigenvalue weighted by atomic mass is 32.2. The average Bonchev–Trinajstić information content (AvgIpc) is 2.47. The van der Waals surface area contributed by atoms with Crippen molar-refractivity contribution in [3.05, 3.63) is 23.9 Å². The smallest absolute Gasteiger partial charge is 0.171 e. The van der Waals surface area contributed by atoms with Crippen molar-refractivity contribution in [2.75, 3.05) is 28.7 Å². The first-order chi connectivity index (χ1) is 9.47. The molecule has 0 saturated carbocycles. The highest BCUT2D eigenvalue weighted by molar-refractivity contribution is 8.01. The number of aliphatic hydroxyl groups is 1. The minimum atomic E-state index is -3.18. The predicted octanol–water partition coefficient (Wildman–Crippen LogP) is 1.45. The van der Waals surface area contributed by atoms with E-state index in [1.807, 2.05) is 4.90 Å². The molecule has 1 aliphatic rings. The third kappa shape index (κ3) is 3.10.